The Morgan fingerprint density at radius 1 is 1.40 bits per heavy atom. The molecule has 0 saturated carbocycles. The normalized spacial score (nSPS) is 13.9. The van der Waals surface area contributed by atoms with Crippen LogP contribution >= 0.6 is 0 Å². The third-order valence-electron chi connectivity index (χ3n) is 1.89. The largest absolute Gasteiger partial charge is 0.468 e. The molecule has 15 heavy (non-hydrogen) atoms. The SMILES string of the molecule is CCS(=O)(=O)NC(CC(C)C)C(=O)OC. The summed E-state index contributed by atoms with van der Waals surface area (Å²) < 4.78 is 29.4. The number of carbonyl (C=O) groups is 1. The Morgan fingerprint density at radius 2 is 1.93 bits per heavy atom. The zero-order valence-electron chi connectivity index (χ0n) is 9.61. The van der Waals surface area contributed by atoms with Crippen LogP contribution in [-0.4, -0.2) is 33.3 Å². The van der Waals surface area contributed by atoms with Gasteiger partial charge in [-0.15, -0.1) is 0 Å². The first-order valence-corrected chi connectivity index (χ1v) is 6.55. The van der Waals surface area contributed by atoms with E-state index in [9.17, 15) is 13.2 Å². The van der Waals surface area contributed by atoms with E-state index in [-0.39, 0.29) is 11.7 Å². The van der Waals surface area contributed by atoms with Gasteiger partial charge in [0.1, 0.15) is 6.04 Å². The number of hydrogen-bond donors (Lipinski definition) is 1. The van der Waals surface area contributed by atoms with Gasteiger partial charge < -0.3 is 4.74 Å². The Bertz CT molecular complexity index is 297. The lowest BCUT2D eigenvalue weighted by Crippen LogP contribution is -2.42. The molecular weight excluding hydrogens is 218 g/mol. The van der Waals surface area contributed by atoms with Gasteiger partial charge in [0.25, 0.3) is 0 Å². The van der Waals surface area contributed by atoms with E-state index in [1.54, 1.807) is 0 Å². The second kappa shape index (κ2) is 6.07. The number of ether oxygens (including phenoxy) is 1. The number of methoxy groups -OCH3 is 1. The fraction of sp³-hybridized carbons (Fsp3) is 0.889. The molecule has 0 aliphatic carbocycles. The van der Waals surface area contributed by atoms with Gasteiger partial charge in [0, 0.05) is 0 Å². The summed E-state index contributed by atoms with van der Waals surface area (Å²) in [6.07, 6.45) is 0.436. The molecular formula is C9H19NO4S. The van der Waals surface area contributed by atoms with E-state index in [4.69, 9.17) is 0 Å². The Morgan fingerprint density at radius 3 is 2.27 bits per heavy atom. The standard InChI is InChI=1S/C9H19NO4S/c1-5-15(12,13)10-8(6-7(2)3)9(11)14-4/h7-8,10H,5-6H2,1-4H3. The average Bonchev–Trinajstić information content (AvgIpc) is 2.14. The highest BCUT2D eigenvalue weighted by Gasteiger charge is 2.24. The quantitative estimate of drug-likeness (QED) is 0.683. The van der Waals surface area contributed by atoms with E-state index < -0.39 is 22.0 Å². The smallest absolute Gasteiger partial charge is 0.323 e. The zero-order chi connectivity index (χ0) is 12.1. The Labute approximate surface area is 91.2 Å². The predicted molar refractivity (Wildman–Crippen MR) is 57.9 cm³/mol. The maximum Gasteiger partial charge on any atom is 0.323 e. The van der Waals surface area contributed by atoms with E-state index in [0.29, 0.717) is 6.42 Å². The van der Waals surface area contributed by atoms with Crippen molar-refractivity contribution in [3.05, 3.63) is 0 Å². The maximum absolute atomic E-state index is 11.3. The van der Waals surface area contributed by atoms with Gasteiger partial charge in [-0.3, -0.25) is 4.79 Å². The summed E-state index contributed by atoms with van der Waals surface area (Å²) in [5, 5.41) is 0. The summed E-state index contributed by atoms with van der Waals surface area (Å²) in [5.74, 6) is -0.368. The third-order valence-corrected chi connectivity index (χ3v) is 3.30. The summed E-state index contributed by atoms with van der Waals surface area (Å²) >= 11 is 0. The van der Waals surface area contributed by atoms with Gasteiger partial charge in [0.05, 0.1) is 12.9 Å². The minimum absolute atomic E-state index is 0.0431. The van der Waals surface area contributed by atoms with Crippen molar-refractivity contribution in [1.29, 1.82) is 0 Å². The highest BCUT2D eigenvalue weighted by atomic mass is 32.2. The van der Waals surface area contributed by atoms with E-state index in [1.165, 1.54) is 14.0 Å². The third kappa shape index (κ3) is 5.74. The minimum atomic E-state index is -3.37. The van der Waals surface area contributed by atoms with Gasteiger partial charge in [-0.1, -0.05) is 13.8 Å². The van der Waals surface area contributed by atoms with Crippen molar-refractivity contribution in [3.63, 3.8) is 0 Å². The molecule has 0 rings (SSSR count). The molecule has 0 fully saturated rings. The van der Waals surface area contributed by atoms with Crippen molar-refractivity contribution in [2.24, 2.45) is 5.92 Å². The molecule has 0 bridgehead atoms. The van der Waals surface area contributed by atoms with Crippen LogP contribution in [0.2, 0.25) is 0 Å². The molecule has 0 aromatic carbocycles. The van der Waals surface area contributed by atoms with Crippen molar-refractivity contribution in [3.8, 4) is 0 Å². The zero-order valence-corrected chi connectivity index (χ0v) is 10.4. The van der Waals surface area contributed by atoms with Gasteiger partial charge in [0.15, 0.2) is 0 Å². The Kier molecular flexibility index (Phi) is 5.82. The van der Waals surface area contributed by atoms with Gasteiger partial charge in [-0.25, -0.2) is 13.1 Å². The number of carbonyl (C=O) groups excluding carboxylic acids is 1. The average molecular weight is 237 g/mol. The van der Waals surface area contributed by atoms with Crippen LogP contribution in [0.5, 0.6) is 0 Å². The molecule has 90 valence electrons. The first kappa shape index (κ1) is 14.4. The minimum Gasteiger partial charge on any atom is -0.468 e. The van der Waals surface area contributed by atoms with Crippen LogP contribution < -0.4 is 4.72 Å². The van der Waals surface area contributed by atoms with Gasteiger partial charge >= 0.3 is 5.97 Å². The van der Waals surface area contributed by atoms with Gasteiger partial charge in [-0.05, 0) is 19.3 Å². The van der Waals surface area contributed by atoms with Crippen LogP contribution in [-0.2, 0) is 19.6 Å². The number of sulfonamides is 1. The number of hydrogen-bond acceptors (Lipinski definition) is 4. The molecule has 0 aliphatic rings. The fourth-order valence-electron chi connectivity index (χ4n) is 1.11. The van der Waals surface area contributed by atoms with Crippen LogP contribution in [0.25, 0.3) is 0 Å². The second-order valence-electron chi connectivity index (χ2n) is 3.73. The van der Waals surface area contributed by atoms with Crippen molar-refractivity contribution >= 4 is 16.0 Å². The highest BCUT2D eigenvalue weighted by Crippen LogP contribution is 2.07. The molecule has 0 amide bonds. The molecule has 5 nitrogen and oxygen atoms in total. The first-order chi connectivity index (χ1) is 6.82. The highest BCUT2D eigenvalue weighted by molar-refractivity contribution is 7.89. The summed E-state index contributed by atoms with van der Waals surface area (Å²) in [6.45, 7) is 5.35. The van der Waals surface area contributed by atoms with Crippen molar-refractivity contribution in [2.45, 2.75) is 33.2 Å². The molecule has 1 unspecified atom stereocenters. The topological polar surface area (TPSA) is 72.5 Å². The molecule has 0 aliphatic heterocycles. The van der Waals surface area contributed by atoms with Crippen molar-refractivity contribution < 1.29 is 17.9 Å². The Balaban J connectivity index is 4.58. The Hall–Kier alpha value is -0.620. The summed E-state index contributed by atoms with van der Waals surface area (Å²) in [7, 11) is -2.12. The number of rotatable bonds is 6. The molecule has 0 heterocycles. The van der Waals surface area contributed by atoms with Crippen LogP contribution in [0.1, 0.15) is 27.2 Å². The molecule has 1 atom stereocenters. The van der Waals surface area contributed by atoms with Crippen molar-refractivity contribution in [2.75, 3.05) is 12.9 Å². The van der Waals surface area contributed by atoms with Crippen LogP contribution in [0.4, 0.5) is 0 Å². The number of esters is 1. The van der Waals surface area contributed by atoms with Crippen LogP contribution in [0, 0.1) is 5.92 Å². The van der Waals surface area contributed by atoms with Gasteiger partial charge in [-0.2, -0.15) is 0 Å². The molecule has 0 aromatic heterocycles. The van der Waals surface area contributed by atoms with Crippen LogP contribution in [0.3, 0.4) is 0 Å². The molecule has 6 heteroatoms. The molecule has 0 saturated heterocycles. The molecule has 0 aromatic rings. The van der Waals surface area contributed by atoms with E-state index >= 15 is 0 Å². The van der Waals surface area contributed by atoms with E-state index in [2.05, 4.69) is 9.46 Å². The predicted octanol–water partition coefficient (Wildman–Crippen LogP) is 0.513. The monoisotopic (exact) mass is 237 g/mol. The molecule has 1 N–H and O–H groups in total. The van der Waals surface area contributed by atoms with E-state index in [1.807, 2.05) is 13.8 Å². The van der Waals surface area contributed by atoms with Crippen LogP contribution in [0.15, 0.2) is 0 Å². The lowest BCUT2D eigenvalue weighted by atomic mass is 10.1. The number of nitrogens with one attached hydrogen (secondary N) is 1. The van der Waals surface area contributed by atoms with E-state index in [0.717, 1.165) is 0 Å². The first-order valence-electron chi connectivity index (χ1n) is 4.90. The second-order valence-corrected chi connectivity index (χ2v) is 5.77. The lowest BCUT2D eigenvalue weighted by Gasteiger charge is -2.17. The molecule has 0 radical (unpaired) electrons. The van der Waals surface area contributed by atoms with Gasteiger partial charge in [0.2, 0.25) is 10.0 Å². The summed E-state index contributed by atoms with van der Waals surface area (Å²) in [4.78, 5) is 11.3. The summed E-state index contributed by atoms with van der Waals surface area (Å²) in [5.41, 5.74) is 0. The van der Waals surface area contributed by atoms with Crippen molar-refractivity contribution in [1.82, 2.24) is 4.72 Å². The maximum atomic E-state index is 11.3. The molecule has 0 spiro atoms. The lowest BCUT2D eigenvalue weighted by molar-refractivity contribution is -0.143. The fourth-order valence-corrected chi connectivity index (χ4v) is 1.90. The summed E-state index contributed by atoms with van der Waals surface area (Å²) in [6, 6.07) is -0.778.